The fourth-order valence-corrected chi connectivity index (χ4v) is 2.95. The molecule has 0 spiro atoms. The second kappa shape index (κ2) is 6.61. The van der Waals surface area contributed by atoms with Crippen LogP contribution in [0.3, 0.4) is 0 Å². The Bertz CT molecular complexity index is 945. The average molecular weight is 366 g/mol. The summed E-state index contributed by atoms with van der Waals surface area (Å²) in [4.78, 5) is 27.4. The van der Waals surface area contributed by atoms with Crippen molar-refractivity contribution in [1.82, 2.24) is 29.6 Å². The van der Waals surface area contributed by atoms with Crippen molar-refractivity contribution < 1.29 is 9.32 Å². The molecule has 27 heavy (non-hydrogen) atoms. The molecule has 8 nitrogen and oxygen atoms in total. The van der Waals surface area contributed by atoms with Crippen LogP contribution in [0.2, 0.25) is 0 Å². The molecule has 0 aromatic carbocycles. The SMILES string of the molecule is CC(C)(C)c1noc(-c2ccc(-n3cnc(C(=O)N4CCCC4)c3)nc2)n1. The summed E-state index contributed by atoms with van der Waals surface area (Å²) in [6, 6.07) is 3.70. The normalized spacial score (nSPS) is 14.7. The van der Waals surface area contributed by atoms with Gasteiger partial charge in [0.1, 0.15) is 17.8 Å². The molecule has 1 aliphatic rings. The van der Waals surface area contributed by atoms with E-state index in [4.69, 9.17) is 4.52 Å². The molecule has 0 radical (unpaired) electrons. The average Bonchev–Trinajstić information content (AvgIpc) is 3.42. The van der Waals surface area contributed by atoms with Gasteiger partial charge in [-0.3, -0.25) is 9.36 Å². The monoisotopic (exact) mass is 366 g/mol. The number of likely N-dealkylation sites (tertiary alicyclic amines) is 1. The third-order valence-electron chi connectivity index (χ3n) is 4.55. The van der Waals surface area contributed by atoms with Crippen molar-refractivity contribution in [2.24, 2.45) is 0 Å². The minimum Gasteiger partial charge on any atom is -0.337 e. The summed E-state index contributed by atoms with van der Waals surface area (Å²) in [5.74, 6) is 1.74. The third kappa shape index (κ3) is 3.47. The highest BCUT2D eigenvalue weighted by Crippen LogP contribution is 2.23. The number of hydrogen-bond donors (Lipinski definition) is 0. The Kier molecular flexibility index (Phi) is 4.25. The quantitative estimate of drug-likeness (QED) is 0.708. The van der Waals surface area contributed by atoms with Gasteiger partial charge in [0, 0.05) is 30.9 Å². The van der Waals surface area contributed by atoms with Gasteiger partial charge in [0.15, 0.2) is 5.82 Å². The van der Waals surface area contributed by atoms with Crippen LogP contribution < -0.4 is 0 Å². The molecule has 0 atom stereocenters. The van der Waals surface area contributed by atoms with Crippen LogP contribution in [0.15, 0.2) is 35.4 Å². The van der Waals surface area contributed by atoms with Gasteiger partial charge in [0.05, 0.1) is 5.56 Å². The lowest BCUT2D eigenvalue weighted by Crippen LogP contribution is -2.27. The molecule has 140 valence electrons. The van der Waals surface area contributed by atoms with E-state index in [1.165, 1.54) is 0 Å². The van der Waals surface area contributed by atoms with Crippen molar-refractivity contribution in [2.45, 2.75) is 39.0 Å². The van der Waals surface area contributed by atoms with Gasteiger partial charge < -0.3 is 9.42 Å². The first-order valence-electron chi connectivity index (χ1n) is 9.06. The maximum absolute atomic E-state index is 12.4. The first-order chi connectivity index (χ1) is 12.9. The van der Waals surface area contributed by atoms with E-state index >= 15 is 0 Å². The number of rotatable bonds is 3. The van der Waals surface area contributed by atoms with Crippen LogP contribution in [-0.2, 0) is 5.41 Å². The molecule has 0 unspecified atom stereocenters. The highest BCUT2D eigenvalue weighted by atomic mass is 16.5. The Morgan fingerprint density at radius 2 is 1.93 bits per heavy atom. The van der Waals surface area contributed by atoms with Crippen molar-refractivity contribution in [1.29, 1.82) is 0 Å². The molecular weight excluding hydrogens is 344 g/mol. The van der Waals surface area contributed by atoms with E-state index in [0.29, 0.717) is 23.2 Å². The zero-order valence-electron chi connectivity index (χ0n) is 15.7. The van der Waals surface area contributed by atoms with Gasteiger partial charge in [0.2, 0.25) is 0 Å². The summed E-state index contributed by atoms with van der Waals surface area (Å²) in [5.41, 5.74) is 1.01. The zero-order valence-corrected chi connectivity index (χ0v) is 15.7. The summed E-state index contributed by atoms with van der Waals surface area (Å²) < 4.78 is 7.08. The second-order valence-corrected chi connectivity index (χ2v) is 7.74. The van der Waals surface area contributed by atoms with E-state index in [-0.39, 0.29) is 11.3 Å². The van der Waals surface area contributed by atoms with E-state index in [2.05, 4.69) is 20.1 Å². The molecule has 4 heterocycles. The van der Waals surface area contributed by atoms with Crippen molar-refractivity contribution in [3.8, 4) is 17.3 Å². The Morgan fingerprint density at radius 1 is 1.15 bits per heavy atom. The Hall–Kier alpha value is -3.03. The number of aromatic nitrogens is 5. The van der Waals surface area contributed by atoms with Crippen molar-refractivity contribution >= 4 is 5.91 Å². The van der Waals surface area contributed by atoms with Gasteiger partial charge in [0.25, 0.3) is 11.8 Å². The summed E-state index contributed by atoms with van der Waals surface area (Å²) in [6.45, 7) is 7.70. The summed E-state index contributed by atoms with van der Waals surface area (Å²) >= 11 is 0. The van der Waals surface area contributed by atoms with Crippen LogP contribution in [-0.4, -0.2) is 48.6 Å². The predicted octanol–water partition coefficient (Wildman–Crippen LogP) is 2.85. The van der Waals surface area contributed by atoms with E-state index in [9.17, 15) is 4.79 Å². The third-order valence-corrected chi connectivity index (χ3v) is 4.55. The smallest absolute Gasteiger partial charge is 0.274 e. The van der Waals surface area contributed by atoms with Gasteiger partial charge in [-0.1, -0.05) is 25.9 Å². The van der Waals surface area contributed by atoms with E-state index in [1.807, 2.05) is 37.8 Å². The number of nitrogens with zero attached hydrogens (tertiary/aromatic N) is 6. The van der Waals surface area contributed by atoms with Crippen LogP contribution >= 0.6 is 0 Å². The zero-order chi connectivity index (χ0) is 19.0. The lowest BCUT2D eigenvalue weighted by Gasteiger charge is -2.12. The lowest BCUT2D eigenvalue weighted by atomic mass is 9.96. The van der Waals surface area contributed by atoms with Gasteiger partial charge in [-0.05, 0) is 25.0 Å². The van der Waals surface area contributed by atoms with Crippen LogP contribution in [0.4, 0.5) is 0 Å². The van der Waals surface area contributed by atoms with E-state index < -0.39 is 0 Å². The van der Waals surface area contributed by atoms with Crippen molar-refractivity contribution in [2.75, 3.05) is 13.1 Å². The topological polar surface area (TPSA) is 89.9 Å². The molecule has 0 saturated carbocycles. The maximum Gasteiger partial charge on any atom is 0.274 e. The number of amides is 1. The number of carbonyl (C=O) groups is 1. The van der Waals surface area contributed by atoms with Crippen molar-refractivity contribution in [3.05, 3.63) is 42.4 Å². The Labute approximate surface area is 157 Å². The van der Waals surface area contributed by atoms with E-state index in [1.54, 1.807) is 23.3 Å². The van der Waals surface area contributed by atoms with Crippen LogP contribution in [0.1, 0.15) is 49.9 Å². The first-order valence-corrected chi connectivity index (χ1v) is 9.06. The molecule has 3 aromatic rings. The molecular formula is C19H22N6O2. The highest BCUT2D eigenvalue weighted by molar-refractivity contribution is 5.92. The number of imidazole rings is 1. The predicted molar refractivity (Wildman–Crippen MR) is 98.5 cm³/mol. The molecule has 0 N–H and O–H groups in total. The van der Waals surface area contributed by atoms with Gasteiger partial charge in [-0.25, -0.2) is 9.97 Å². The van der Waals surface area contributed by atoms with Gasteiger partial charge >= 0.3 is 0 Å². The number of pyridine rings is 1. The molecule has 3 aromatic heterocycles. The molecule has 1 fully saturated rings. The van der Waals surface area contributed by atoms with Crippen LogP contribution in [0, 0.1) is 0 Å². The Morgan fingerprint density at radius 3 is 2.56 bits per heavy atom. The molecule has 0 bridgehead atoms. The standard InChI is InChI=1S/C19H22N6O2/c1-19(2,3)18-22-16(27-23-18)13-6-7-15(20-10-13)25-11-14(21-12-25)17(26)24-8-4-5-9-24/h6-7,10-12H,4-5,8-9H2,1-3H3. The minimum absolute atomic E-state index is 0.0246. The second-order valence-electron chi connectivity index (χ2n) is 7.74. The van der Waals surface area contributed by atoms with Crippen LogP contribution in [0.25, 0.3) is 17.3 Å². The summed E-state index contributed by atoms with van der Waals surface area (Å²) in [6.07, 6.45) is 7.12. The van der Waals surface area contributed by atoms with Crippen molar-refractivity contribution in [3.63, 3.8) is 0 Å². The summed E-state index contributed by atoms with van der Waals surface area (Å²) in [7, 11) is 0. The van der Waals surface area contributed by atoms with Crippen LogP contribution in [0.5, 0.6) is 0 Å². The molecule has 1 aliphatic heterocycles. The fourth-order valence-electron chi connectivity index (χ4n) is 2.95. The van der Waals surface area contributed by atoms with Gasteiger partial charge in [-0.2, -0.15) is 4.98 Å². The molecule has 1 amide bonds. The van der Waals surface area contributed by atoms with E-state index in [0.717, 1.165) is 31.5 Å². The molecule has 0 aliphatic carbocycles. The largest absolute Gasteiger partial charge is 0.337 e. The molecule has 4 rings (SSSR count). The molecule has 1 saturated heterocycles. The maximum atomic E-state index is 12.4. The first kappa shape index (κ1) is 17.4. The summed E-state index contributed by atoms with van der Waals surface area (Å²) in [5, 5.41) is 4.03. The molecule has 8 heteroatoms. The number of carbonyl (C=O) groups excluding carboxylic acids is 1. The lowest BCUT2D eigenvalue weighted by molar-refractivity contribution is 0.0787. The van der Waals surface area contributed by atoms with Gasteiger partial charge in [-0.15, -0.1) is 0 Å². The fraction of sp³-hybridized carbons (Fsp3) is 0.421. The Balaban J connectivity index is 1.52. The number of hydrogen-bond acceptors (Lipinski definition) is 6. The highest BCUT2D eigenvalue weighted by Gasteiger charge is 2.23. The minimum atomic E-state index is -0.176.